The van der Waals surface area contributed by atoms with Crippen molar-refractivity contribution in [1.82, 2.24) is 20.1 Å². The van der Waals surface area contributed by atoms with Crippen LogP contribution in [0.3, 0.4) is 0 Å². The summed E-state index contributed by atoms with van der Waals surface area (Å²) in [5.74, 6) is 1.03. The molecule has 3 N–H and O–H groups in total. The molecule has 1 aromatic carbocycles. The molecule has 0 aliphatic carbocycles. The summed E-state index contributed by atoms with van der Waals surface area (Å²) in [5, 5.41) is 7.17. The lowest BCUT2D eigenvalue weighted by Crippen LogP contribution is -2.34. The summed E-state index contributed by atoms with van der Waals surface area (Å²) in [6.07, 6.45) is 3.18. The first-order valence-electron chi connectivity index (χ1n) is 6.63. The highest BCUT2D eigenvalue weighted by molar-refractivity contribution is 5.77. The molecule has 0 radical (unpaired) electrons. The molecule has 2 rings (SSSR count). The topological polar surface area (TPSA) is 81.1 Å². The van der Waals surface area contributed by atoms with Gasteiger partial charge in [0.15, 0.2) is 5.96 Å². The number of benzene rings is 1. The van der Waals surface area contributed by atoms with E-state index in [2.05, 4.69) is 34.2 Å². The maximum atomic E-state index is 5.79. The first-order chi connectivity index (χ1) is 9.65. The van der Waals surface area contributed by atoms with Crippen molar-refractivity contribution in [2.24, 2.45) is 16.6 Å². The Hall–Kier alpha value is -2.37. The number of aliphatic imine (C=N–C) groups is 1. The lowest BCUT2D eigenvalue weighted by Gasteiger charge is -2.08. The predicted octanol–water partition coefficient (Wildman–Crippen LogP) is 1.33. The number of hydrogen-bond donors (Lipinski definition) is 2. The summed E-state index contributed by atoms with van der Waals surface area (Å²) in [5.41, 5.74) is 7.87. The van der Waals surface area contributed by atoms with Crippen molar-refractivity contribution in [3.05, 3.63) is 42.5 Å². The Bertz CT molecular complexity index is 542. The van der Waals surface area contributed by atoms with Gasteiger partial charge in [0.25, 0.3) is 0 Å². The molecule has 6 nitrogen and oxygen atoms in total. The molecule has 1 aromatic heterocycles. The van der Waals surface area contributed by atoms with Gasteiger partial charge in [-0.05, 0) is 23.6 Å². The van der Waals surface area contributed by atoms with Crippen LogP contribution in [0.15, 0.2) is 41.9 Å². The Balaban J connectivity index is 1.92. The largest absolute Gasteiger partial charge is 0.370 e. The second-order valence-electron chi connectivity index (χ2n) is 4.98. The van der Waals surface area contributed by atoms with Crippen LogP contribution in [0.2, 0.25) is 0 Å². The third-order valence-electron chi connectivity index (χ3n) is 2.74. The third kappa shape index (κ3) is 4.08. The Kier molecular flexibility index (Phi) is 4.70. The quantitative estimate of drug-likeness (QED) is 0.635. The van der Waals surface area contributed by atoms with Crippen LogP contribution in [0.5, 0.6) is 0 Å². The van der Waals surface area contributed by atoms with E-state index in [4.69, 9.17) is 5.73 Å². The van der Waals surface area contributed by atoms with Gasteiger partial charge in [-0.2, -0.15) is 5.10 Å². The fourth-order valence-electron chi connectivity index (χ4n) is 1.64. The van der Waals surface area contributed by atoms with Crippen LogP contribution in [0.25, 0.3) is 5.69 Å². The first-order valence-corrected chi connectivity index (χ1v) is 6.63. The summed E-state index contributed by atoms with van der Waals surface area (Å²) < 4.78 is 1.71. The second kappa shape index (κ2) is 6.70. The zero-order valence-corrected chi connectivity index (χ0v) is 11.8. The van der Waals surface area contributed by atoms with Crippen LogP contribution in [-0.4, -0.2) is 27.3 Å². The Morgan fingerprint density at radius 2 is 2.10 bits per heavy atom. The van der Waals surface area contributed by atoms with E-state index >= 15 is 0 Å². The van der Waals surface area contributed by atoms with Crippen molar-refractivity contribution in [3.63, 3.8) is 0 Å². The lowest BCUT2D eigenvalue weighted by molar-refractivity contribution is 0.622. The minimum Gasteiger partial charge on any atom is -0.370 e. The zero-order chi connectivity index (χ0) is 14.4. The van der Waals surface area contributed by atoms with Crippen molar-refractivity contribution < 1.29 is 0 Å². The molecule has 6 heteroatoms. The number of rotatable bonds is 5. The van der Waals surface area contributed by atoms with E-state index in [0.29, 0.717) is 18.4 Å². The molecule has 0 spiro atoms. The van der Waals surface area contributed by atoms with Crippen LogP contribution < -0.4 is 11.1 Å². The number of guanidine groups is 1. The number of aromatic nitrogens is 3. The number of nitrogens with two attached hydrogens (primary N) is 1. The summed E-state index contributed by atoms with van der Waals surface area (Å²) in [7, 11) is 0. The van der Waals surface area contributed by atoms with Gasteiger partial charge in [-0.15, -0.1) is 0 Å². The van der Waals surface area contributed by atoms with Gasteiger partial charge in [0.05, 0.1) is 12.2 Å². The molecule has 0 aliphatic heterocycles. The molecule has 0 saturated heterocycles. The van der Waals surface area contributed by atoms with Crippen LogP contribution in [0.4, 0.5) is 0 Å². The molecule has 20 heavy (non-hydrogen) atoms. The van der Waals surface area contributed by atoms with E-state index < -0.39 is 0 Å². The van der Waals surface area contributed by atoms with Crippen LogP contribution in [0.1, 0.15) is 19.4 Å². The molecule has 106 valence electrons. The first kappa shape index (κ1) is 14.0. The molecule has 0 fully saturated rings. The molecule has 0 bridgehead atoms. The Morgan fingerprint density at radius 1 is 1.35 bits per heavy atom. The average Bonchev–Trinajstić information content (AvgIpc) is 2.97. The molecular weight excluding hydrogens is 252 g/mol. The minimum absolute atomic E-state index is 0.485. The SMILES string of the molecule is CC(C)CNC(N)=NCc1ccc(-n2cncn2)cc1. The van der Waals surface area contributed by atoms with Gasteiger partial charge in [0.1, 0.15) is 12.7 Å². The summed E-state index contributed by atoms with van der Waals surface area (Å²) in [6, 6.07) is 7.99. The van der Waals surface area contributed by atoms with Crippen LogP contribution in [0, 0.1) is 5.92 Å². The number of hydrogen-bond acceptors (Lipinski definition) is 3. The van der Waals surface area contributed by atoms with E-state index in [0.717, 1.165) is 17.8 Å². The highest BCUT2D eigenvalue weighted by Crippen LogP contribution is 2.08. The Morgan fingerprint density at radius 3 is 2.70 bits per heavy atom. The smallest absolute Gasteiger partial charge is 0.188 e. The summed E-state index contributed by atoms with van der Waals surface area (Å²) in [4.78, 5) is 8.23. The fraction of sp³-hybridized carbons (Fsp3) is 0.357. The van der Waals surface area contributed by atoms with Crippen molar-refractivity contribution >= 4 is 5.96 Å². The molecule has 2 aromatic rings. The zero-order valence-electron chi connectivity index (χ0n) is 11.8. The van der Waals surface area contributed by atoms with Crippen molar-refractivity contribution in [3.8, 4) is 5.69 Å². The van der Waals surface area contributed by atoms with E-state index in [1.807, 2.05) is 24.3 Å². The van der Waals surface area contributed by atoms with E-state index in [1.165, 1.54) is 6.33 Å². The molecule has 0 amide bonds. The van der Waals surface area contributed by atoms with Gasteiger partial charge in [0, 0.05) is 6.54 Å². The van der Waals surface area contributed by atoms with E-state index in [-0.39, 0.29) is 0 Å². The highest BCUT2D eigenvalue weighted by Gasteiger charge is 1.98. The summed E-state index contributed by atoms with van der Waals surface area (Å²) in [6.45, 7) is 5.65. The van der Waals surface area contributed by atoms with Gasteiger partial charge in [0.2, 0.25) is 0 Å². The third-order valence-corrected chi connectivity index (χ3v) is 2.74. The molecule has 1 heterocycles. The van der Waals surface area contributed by atoms with Crippen LogP contribution >= 0.6 is 0 Å². The maximum absolute atomic E-state index is 5.79. The van der Waals surface area contributed by atoms with Gasteiger partial charge in [-0.1, -0.05) is 26.0 Å². The van der Waals surface area contributed by atoms with Gasteiger partial charge >= 0.3 is 0 Å². The molecule has 0 saturated carbocycles. The van der Waals surface area contributed by atoms with E-state index in [1.54, 1.807) is 11.0 Å². The average molecular weight is 272 g/mol. The fourth-order valence-corrected chi connectivity index (χ4v) is 1.64. The standard InChI is InChI=1S/C14H20N6/c1-11(2)7-17-14(15)18-8-12-3-5-13(6-4-12)20-10-16-9-19-20/h3-6,9-11H,7-8H2,1-2H3,(H3,15,17,18). The molecule has 0 atom stereocenters. The Labute approximate surface area is 118 Å². The van der Waals surface area contributed by atoms with Crippen molar-refractivity contribution in [1.29, 1.82) is 0 Å². The minimum atomic E-state index is 0.485. The second-order valence-corrected chi connectivity index (χ2v) is 4.98. The number of nitrogens with zero attached hydrogens (tertiary/aromatic N) is 4. The normalized spacial score (nSPS) is 11.8. The van der Waals surface area contributed by atoms with Gasteiger partial charge in [-0.3, -0.25) is 0 Å². The molecule has 0 unspecified atom stereocenters. The van der Waals surface area contributed by atoms with E-state index in [9.17, 15) is 0 Å². The van der Waals surface area contributed by atoms with Gasteiger partial charge < -0.3 is 11.1 Å². The predicted molar refractivity (Wildman–Crippen MR) is 79.5 cm³/mol. The number of nitrogens with one attached hydrogen (secondary N) is 1. The monoisotopic (exact) mass is 272 g/mol. The lowest BCUT2D eigenvalue weighted by atomic mass is 10.2. The van der Waals surface area contributed by atoms with Crippen molar-refractivity contribution in [2.45, 2.75) is 20.4 Å². The van der Waals surface area contributed by atoms with Crippen molar-refractivity contribution in [2.75, 3.05) is 6.54 Å². The highest BCUT2D eigenvalue weighted by atomic mass is 15.3. The maximum Gasteiger partial charge on any atom is 0.188 e. The molecular formula is C14H20N6. The molecule has 0 aliphatic rings. The van der Waals surface area contributed by atoms with Gasteiger partial charge in [-0.25, -0.2) is 14.7 Å². The summed E-state index contributed by atoms with van der Waals surface area (Å²) >= 11 is 0. The van der Waals surface area contributed by atoms with Crippen LogP contribution in [-0.2, 0) is 6.54 Å².